The Morgan fingerprint density at radius 3 is 2.29 bits per heavy atom. The molecule has 0 radical (unpaired) electrons. The molecule has 21 heavy (non-hydrogen) atoms. The smallest absolute Gasteiger partial charge is 0.295 e. The number of nitrogens with zero attached hydrogens (tertiary/aromatic N) is 2. The molecule has 8 heteroatoms. The Labute approximate surface area is 132 Å². The SMILES string of the molecule is Cn1c(=O)n(C)c2cc(C(Cl)CCC(F)(F)F)c(Br)cc21. The van der Waals surface area contributed by atoms with Gasteiger partial charge in [-0.25, -0.2) is 4.79 Å². The van der Waals surface area contributed by atoms with Gasteiger partial charge in [0.05, 0.1) is 16.4 Å². The molecule has 0 bridgehead atoms. The van der Waals surface area contributed by atoms with E-state index in [9.17, 15) is 18.0 Å². The highest BCUT2D eigenvalue weighted by molar-refractivity contribution is 9.10. The normalized spacial score (nSPS) is 13.9. The zero-order valence-electron chi connectivity index (χ0n) is 11.3. The zero-order valence-corrected chi connectivity index (χ0v) is 13.7. The molecular formula is C13H13BrClF3N2O. The second kappa shape index (κ2) is 5.68. The maximum absolute atomic E-state index is 12.3. The van der Waals surface area contributed by atoms with Gasteiger partial charge in [0.25, 0.3) is 0 Å². The van der Waals surface area contributed by atoms with Crippen LogP contribution in [0.15, 0.2) is 21.4 Å². The molecule has 0 aliphatic rings. The molecule has 0 amide bonds. The summed E-state index contributed by atoms with van der Waals surface area (Å²) in [5.41, 5.74) is 1.68. The number of aromatic nitrogens is 2. The van der Waals surface area contributed by atoms with Crippen LogP contribution < -0.4 is 5.69 Å². The molecule has 0 N–H and O–H groups in total. The third-order valence-corrected chi connectivity index (χ3v) is 4.55. The topological polar surface area (TPSA) is 26.9 Å². The van der Waals surface area contributed by atoms with E-state index in [0.29, 0.717) is 21.1 Å². The van der Waals surface area contributed by atoms with Crippen LogP contribution in [0.1, 0.15) is 23.8 Å². The van der Waals surface area contributed by atoms with Crippen molar-refractivity contribution in [2.75, 3.05) is 0 Å². The number of aryl methyl sites for hydroxylation is 2. The van der Waals surface area contributed by atoms with Crippen molar-refractivity contribution in [3.63, 3.8) is 0 Å². The predicted octanol–water partition coefficient (Wildman–Crippen LogP) is 4.26. The summed E-state index contributed by atoms with van der Waals surface area (Å²) in [6, 6.07) is 3.36. The number of halogens is 5. The lowest BCUT2D eigenvalue weighted by molar-refractivity contribution is -0.135. The molecule has 0 saturated heterocycles. The molecule has 116 valence electrons. The van der Waals surface area contributed by atoms with E-state index in [1.807, 2.05) is 0 Å². The van der Waals surface area contributed by atoms with Gasteiger partial charge in [-0.3, -0.25) is 9.13 Å². The van der Waals surface area contributed by atoms with Crippen LogP contribution in [0.2, 0.25) is 0 Å². The Kier molecular flexibility index (Phi) is 4.44. The summed E-state index contributed by atoms with van der Waals surface area (Å²) in [7, 11) is 3.25. The minimum absolute atomic E-state index is 0.199. The summed E-state index contributed by atoms with van der Waals surface area (Å²) < 4.78 is 40.4. The highest BCUT2D eigenvalue weighted by Crippen LogP contribution is 2.36. The Bertz CT molecular complexity index is 736. The molecular weight excluding hydrogens is 373 g/mol. The summed E-state index contributed by atoms with van der Waals surface area (Å²) >= 11 is 9.41. The maximum Gasteiger partial charge on any atom is 0.389 e. The number of benzene rings is 1. The molecule has 1 aromatic carbocycles. The average molecular weight is 386 g/mol. The lowest BCUT2D eigenvalue weighted by Crippen LogP contribution is -2.19. The van der Waals surface area contributed by atoms with E-state index in [0.717, 1.165) is 0 Å². The van der Waals surface area contributed by atoms with Crippen LogP contribution in [0.25, 0.3) is 11.0 Å². The fourth-order valence-electron chi connectivity index (χ4n) is 2.22. The molecule has 0 spiro atoms. The highest BCUT2D eigenvalue weighted by atomic mass is 79.9. The Balaban J connectivity index is 2.43. The van der Waals surface area contributed by atoms with Crippen molar-refractivity contribution in [3.8, 4) is 0 Å². The van der Waals surface area contributed by atoms with Gasteiger partial charge >= 0.3 is 11.9 Å². The minimum atomic E-state index is -4.23. The van der Waals surface area contributed by atoms with Gasteiger partial charge in [0.1, 0.15) is 0 Å². The standard InChI is InChI=1S/C13H13BrClF3N2O/c1-19-10-5-7(9(15)3-4-13(16,17)18)8(14)6-11(10)20(2)12(19)21/h5-6,9H,3-4H2,1-2H3. The van der Waals surface area contributed by atoms with Crippen LogP contribution >= 0.6 is 27.5 Å². The first-order chi connectivity index (χ1) is 9.61. The second-order valence-corrected chi connectivity index (χ2v) is 6.27. The van der Waals surface area contributed by atoms with Gasteiger partial charge in [0, 0.05) is 25.0 Å². The summed E-state index contributed by atoms with van der Waals surface area (Å²) in [6.45, 7) is 0. The average Bonchev–Trinajstić information content (AvgIpc) is 2.59. The second-order valence-electron chi connectivity index (χ2n) is 4.88. The van der Waals surface area contributed by atoms with E-state index in [1.54, 1.807) is 26.2 Å². The van der Waals surface area contributed by atoms with Gasteiger partial charge in [-0.15, -0.1) is 11.6 Å². The third-order valence-electron chi connectivity index (χ3n) is 3.41. The molecule has 3 nitrogen and oxygen atoms in total. The summed E-state index contributed by atoms with van der Waals surface area (Å²) in [5, 5.41) is -0.777. The highest BCUT2D eigenvalue weighted by Gasteiger charge is 2.29. The molecule has 1 heterocycles. The van der Waals surface area contributed by atoms with Crippen LogP contribution in [0.4, 0.5) is 13.2 Å². The molecule has 1 aromatic heterocycles. The number of fused-ring (bicyclic) bond motifs is 1. The molecule has 0 saturated carbocycles. The van der Waals surface area contributed by atoms with E-state index in [4.69, 9.17) is 11.6 Å². The summed E-state index contributed by atoms with van der Waals surface area (Å²) in [5.74, 6) is 0. The molecule has 1 atom stereocenters. The maximum atomic E-state index is 12.3. The van der Waals surface area contributed by atoms with E-state index < -0.39 is 18.0 Å². The van der Waals surface area contributed by atoms with Crippen molar-refractivity contribution in [2.45, 2.75) is 24.4 Å². The van der Waals surface area contributed by atoms with Crippen LogP contribution in [0, 0.1) is 0 Å². The Morgan fingerprint density at radius 2 is 1.76 bits per heavy atom. The fourth-order valence-corrected chi connectivity index (χ4v) is 3.25. The number of imidazole rings is 1. The lowest BCUT2D eigenvalue weighted by atomic mass is 10.1. The lowest BCUT2D eigenvalue weighted by Gasteiger charge is -2.14. The summed E-state index contributed by atoms with van der Waals surface area (Å²) in [6.07, 6.45) is -5.39. The Hall–Kier alpha value is -0.950. The molecule has 0 aliphatic carbocycles. The zero-order chi connectivity index (χ0) is 15.9. The van der Waals surface area contributed by atoms with E-state index in [2.05, 4.69) is 15.9 Å². The van der Waals surface area contributed by atoms with Crippen molar-refractivity contribution in [1.29, 1.82) is 0 Å². The molecule has 0 fully saturated rings. The number of hydrogen-bond acceptors (Lipinski definition) is 1. The van der Waals surface area contributed by atoms with Crippen molar-refractivity contribution in [3.05, 3.63) is 32.7 Å². The minimum Gasteiger partial charge on any atom is -0.295 e. The van der Waals surface area contributed by atoms with Crippen molar-refractivity contribution < 1.29 is 13.2 Å². The number of alkyl halides is 4. The number of rotatable bonds is 3. The van der Waals surface area contributed by atoms with Crippen LogP contribution in [0.3, 0.4) is 0 Å². The summed E-state index contributed by atoms with van der Waals surface area (Å²) in [4.78, 5) is 11.9. The van der Waals surface area contributed by atoms with Gasteiger partial charge < -0.3 is 0 Å². The monoisotopic (exact) mass is 384 g/mol. The van der Waals surface area contributed by atoms with Crippen LogP contribution in [-0.4, -0.2) is 15.3 Å². The van der Waals surface area contributed by atoms with Gasteiger partial charge in [-0.1, -0.05) is 15.9 Å². The first kappa shape index (κ1) is 16.4. The molecule has 2 aromatic rings. The van der Waals surface area contributed by atoms with Crippen LogP contribution in [-0.2, 0) is 14.1 Å². The third kappa shape index (κ3) is 3.29. The van der Waals surface area contributed by atoms with Crippen molar-refractivity contribution in [1.82, 2.24) is 9.13 Å². The molecule has 1 unspecified atom stereocenters. The first-order valence-electron chi connectivity index (χ1n) is 6.17. The quantitative estimate of drug-likeness (QED) is 0.725. The van der Waals surface area contributed by atoms with Gasteiger partial charge in [0.2, 0.25) is 0 Å². The van der Waals surface area contributed by atoms with E-state index >= 15 is 0 Å². The van der Waals surface area contributed by atoms with Crippen molar-refractivity contribution in [2.24, 2.45) is 14.1 Å². The van der Waals surface area contributed by atoms with Gasteiger partial charge in [0.15, 0.2) is 0 Å². The Morgan fingerprint density at radius 1 is 1.24 bits per heavy atom. The number of hydrogen-bond donors (Lipinski definition) is 0. The molecule has 2 rings (SSSR count). The molecule has 0 aliphatic heterocycles. The first-order valence-corrected chi connectivity index (χ1v) is 7.40. The van der Waals surface area contributed by atoms with E-state index in [-0.39, 0.29) is 12.1 Å². The van der Waals surface area contributed by atoms with Crippen LogP contribution in [0.5, 0.6) is 0 Å². The van der Waals surface area contributed by atoms with E-state index in [1.165, 1.54) is 9.13 Å². The van der Waals surface area contributed by atoms with Gasteiger partial charge in [-0.2, -0.15) is 13.2 Å². The van der Waals surface area contributed by atoms with Gasteiger partial charge in [-0.05, 0) is 24.1 Å². The fraction of sp³-hybridized carbons (Fsp3) is 0.462. The van der Waals surface area contributed by atoms with Crippen molar-refractivity contribution >= 4 is 38.6 Å². The largest absolute Gasteiger partial charge is 0.389 e. The predicted molar refractivity (Wildman–Crippen MR) is 79.7 cm³/mol.